The minimum Gasteiger partial charge on any atom is -0.352 e. The average molecular weight is 386 g/mol. The largest absolute Gasteiger partial charge is 0.352 e. The van der Waals surface area contributed by atoms with Gasteiger partial charge in [-0.05, 0) is 42.9 Å². The van der Waals surface area contributed by atoms with Crippen LogP contribution in [0, 0.1) is 11.7 Å². The number of benzene rings is 1. The molecule has 0 unspecified atom stereocenters. The molecule has 1 saturated heterocycles. The number of halogens is 1. The maximum atomic E-state index is 12.9. The van der Waals surface area contributed by atoms with Crippen molar-refractivity contribution in [2.75, 3.05) is 13.1 Å². The number of hydrogen-bond acceptors (Lipinski definition) is 4. The fraction of sp³-hybridized carbons (Fsp3) is 0.400. The van der Waals surface area contributed by atoms with Gasteiger partial charge in [0.2, 0.25) is 5.91 Å². The van der Waals surface area contributed by atoms with E-state index in [9.17, 15) is 18.8 Å². The molecule has 1 fully saturated rings. The number of amides is 2. The predicted octanol–water partition coefficient (Wildman–Crippen LogP) is 1.86. The molecule has 0 aliphatic carbocycles. The molecule has 148 valence electrons. The van der Waals surface area contributed by atoms with E-state index in [1.807, 2.05) is 0 Å². The van der Waals surface area contributed by atoms with Crippen LogP contribution < -0.4 is 10.9 Å². The van der Waals surface area contributed by atoms with Gasteiger partial charge in [-0.25, -0.2) is 9.37 Å². The van der Waals surface area contributed by atoms with Gasteiger partial charge in [-0.1, -0.05) is 12.1 Å². The molecular weight excluding hydrogens is 363 g/mol. The van der Waals surface area contributed by atoms with Crippen LogP contribution in [0.25, 0.3) is 0 Å². The van der Waals surface area contributed by atoms with Crippen molar-refractivity contribution in [3.63, 3.8) is 0 Å². The quantitative estimate of drug-likeness (QED) is 0.792. The van der Waals surface area contributed by atoms with Crippen LogP contribution in [0.1, 0.15) is 41.6 Å². The van der Waals surface area contributed by atoms with Crippen LogP contribution in [-0.4, -0.2) is 39.8 Å². The Morgan fingerprint density at radius 2 is 1.93 bits per heavy atom. The molecule has 0 spiro atoms. The first-order valence-corrected chi connectivity index (χ1v) is 9.36. The number of aromatic nitrogens is 2. The summed E-state index contributed by atoms with van der Waals surface area (Å²) in [5, 5.41) is 2.84. The smallest absolute Gasteiger partial charge is 0.263 e. The number of likely N-dealkylation sites (tertiary alicyclic amines) is 1. The molecule has 2 aromatic rings. The Kier molecular flexibility index (Phi) is 6.52. The van der Waals surface area contributed by atoms with E-state index < -0.39 is 5.56 Å². The molecular formula is C20H23FN4O3. The number of aromatic amines is 1. The van der Waals surface area contributed by atoms with E-state index in [0.717, 1.165) is 24.8 Å². The summed E-state index contributed by atoms with van der Waals surface area (Å²) in [6, 6.07) is 6.04. The van der Waals surface area contributed by atoms with Crippen molar-refractivity contribution in [1.29, 1.82) is 0 Å². The molecule has 2 heterocycles. The van der Waals surface area contributed by atoms with Crippen molar-refractivity contribution in [2.45, 2.75) is 32.2 Å². The summed E-state index contributed by atoms with van der Waals surface area (Å²) in [4.78, 5) is 44.0. The van der Waals surface area contributed by atoms with Gasteiger partial charge in [0.05, 0.1) is 6.33 Å². The molecule has 1 aromatic heterocycles. The summed E-state index contributed by atoms with van der Waals surface area (Å²) in [7, 11) is 0. The number of carbonyl (C=O) groups is 2. The van der Waals surface area contributed by atoms with Gasteiger partial charge in [-0.2, -0.15) is 0 Å². The van der Waals surface area contributed by atoms with E-state index in [0.29, 0.717) is 32.0 Å². The summed E-state index contributed by atoms with van der Waals surface area (Å²) >= 11 is 0. The molecule has 1 aliphatic heterocycles. The van der Waals surface area contributed by atoms with Crippen LogP contribution in [0.4, 0.5) is 4.39 Å². The van der Waals surface area contributed by atoms with Gasteiger partial charge in [0, 0.05) is 32.3 Å². The lowest BCUT2D eigenvalue weighted by atomic mass is 9.92. The Bertz CT molecular complexity index is 874. The van der Waals surface area contributed by atoms with Crippen molar-refractivity contribution >= 4 is 11.8 Å². The zero-order valence-electron chi connectivity index (χ0n) is 15.5. The third kappa shape index (κ3) is 5.25. The number of hydrogen-bond donors (Lipinski definition) is 2. The summed E-state index contributed by atoms with van der Waals surface area (Å²) in [6.45, 7) is 1.51. The molecule has 8 heteroatoms. The number of H-pyrrole nitrogens is 1. The zero-order chi connectivity index (χ0) is 19.9. The lowest BCUT2D eigenvalue weighted by Gasteiger charge is -2.31. The summed E-state index contributed by atoms with van der Waals surface area (Å²) < 4.78 is 12.9. The third-order valence-corrected chi connectivity index (χ3v) is 5.03. The number of carbonyl (C=O) groups excluding carboxylic acids is 2. The molecule has 2 amide bonds. The Labute approximate surface area is 162 Å². The highest BCUT2D eigenvalue weighted by atomic mass is 19.1. The molecule has 3 rings (SSSR count). The summed E-state index contributed by atoms with van der Waals surface area (Å²) in [5.41, 5.74) is 0.480. The van der Waals surface area contributed by atoms with Gasteiger partial charge < -0.3 is 15.2 Å². The number of piperidine rings is 1. The van der Waals surface area contributed by atoms with Gasteiger partial charge in [0.15, 0.2) is 0 Å². The highest BCUT2D eigenvalue weighted by Gasteiger charge is 2.25. The van der Waals surface area contributed by atoms with E-state index in [4.69, 9.17) is 0 Å². The highest BCUT2D eigenvalue weighted by Crippen LogP contribution is 2.22. The van der Waals surface area contributed by atoms with Crippen molar-refractivity contribution < 1.29 is 14.0 Å². The Morgan fingerprint density at radius 3 is 2.61 bits per heavy atom. The van der Waals surface area contributed by atoms with Gasteiger partial charge in [0.1, 0.15) is 11.4 Å². The lowest BCUT2D eigenvalue weighted by Crippen LogP contribution is -2.40. The zero-order valence-corrected chi connectivity index (χ0v) is 15.5. The molecule has 0 atom stereocenters. The molecule has 0 radical (unpaired) electrons. The standard InChI is InChI=1S/C20H23FN4O3/c21-16-4-1-15(2-5-16)11-23-18(26)6-3-14-7-9-25(10-8-14)20(28)17-12-22-13-24-19(17)27/h1-2,4-5,12-14H,3,6-11H2,(H,23,26)(H,22,24,27). The monoisotopic (exact) mass is 386 g/mol. The molecule has 0 bridgehead atoms. The predicted molar refractivity (Wildman–Crippen MR) is 101 cm³/mol. The molecule has 28 heavy (non-hydrogen) atoms. The van der Waals surface area contributed by atoms with E-state index >= 15 is 0 Å². The van der Waals surface area contributed by atoms with Gasteiger partial charge in [-0.15, -0.1) is 0 Å². The normalized spacial score (nSPS) is 14.7. The first-order chi connectivity index (χ1) is 13.5. The molecule has 1 aliphatic rings. The van der Waals surface area contributed by atoms with E-state index in [2.05, 4.69) is 15.3 Å². The fourth-order valence-electron chi connectivity index (χ4n) is 3.32. The second-order valence-corrected chi connectivity index (χ2v) is 6.97. The van der Waals surface area contributed by atoms with Crippen LogP contribution in [0.15, 0.2) is 41.6 Å². The van der Waals surface area contributed by atoms with Crippen LogP contribution in [0.2, 0.25) is 0 Å². The van der Waals surface area contributed by atoms with Gasteiger partial charge in [-0.3, -0.25) is 14.4 Å². The van der Waals surface area contributed by atoms with E-state index in [1.165, 1.54) is 24.7 Å². The average Bonchev–Trinajstić information content (AvgIpc) is 2.72. The molecule has 1 aromatic carbocycles. The fourth-order valence-corrected chi connectivity index (χ4v) is 3.32. The minimum atomic E-state index is -0.431. The summed E-state index contributed by atoms with van der Waals surface area (Å²) in [6.07, 6.45) is 5.32. The number of nitrogens with one attached hydrogen (secondary N) is 2. The van der Waals surface area contributed by atoms with Gasteiger partial charge in [0.25, 0.3) is 11.5 Å². The molecule has 0 saturated carbocycles. The first kappa shape index (κ1) is 19.7. The maximum absolute atomic E-state index is 12.9. The van der Waals surface area contributed by atoms with Crippen molar-refractivity contribution in [3.05, 3.63) is 64.1 Å². The maximum Gasteiger partial charge on any atom is 0.263 e. The van der Waals surface area contributed by atoms with Crippen molar-refractivity contribution in [3.8, 4) is 0 Å². The topological polar surface area (TPSA) is 95.2 Å². The van der Waals surface area contributed by atoms with Crippen LogP contribution in [-0.2, 0) is 11.3 Å². The second kappa shape index (κ2) is 9.25. The summed E-state index contributed by atoms with van der Waals surface area (Å²) in [5.74, 6) is -0.268. The van der Waals surface area contributed by atoms with Gasteiger partial charge >= 0.3 is 0 Å². The molecule has 2 N–H and O–H groups in total. The van der Waals surface area contributed by atoms with Crippen molar-refractivity contribution in [1.82, 2.24) is 20.2 Å². The Balaban J connectivity index is 1.39. The van der Waals surface area contributed by atoms with Crippen molar-refractivity contribution in [2.24, 2.45) is 5.92 Å². The Morgan fingerprint density at radius 1 is 1.21 bits per heavy atom. The van der Waals surface area contributed by atoms with Crippen LogP contribution >= 0.6 is 0 Å². The minimum absolute atomic E-state index is 0.0373. The first-order valence-electron chi connectivity index (χ1n) is 9.36. The highest BCUT2D eigenvalue weighted by molar-refractivity contribution is 5.93. The number of nitrogens with zero attached hydrogens (tertiary/aromatic N) is 2. The van der Waals surface area contributed by atoms with Crippen LogP contribution in [0.5, 0.6) is 0 Å². The van der Waals surface area contributed by atoms with E-state index in [-0.39, 0.29) is 23.2 Å². The SMILES string of the molecule is O=C(CCC1CCN(C(=O)c2cnc[nH]c2=O)CC1)NCc1ccc(F)cc1. The second-order valence-electron chi connectivity index (χ2n) is 6.97. The van der Waals surface area contributed by atoms with E-state index in [1.54, 1.807) is 17.0 Å². The Hall–Kier alpha value is -3.03. The lowest BCUT2D eigenvalue weighted by molar-refractivity contribution is -0.121. The molecule has 7 nitrogen and oxygen atoms in total. The van der Waals surface area contributed by atoms with Crippen LogP contribution in [0.3, 0.4) is 0 Å². The number of rotatable bonds is 6. The third-order valence-electron chi connectivity index (χ3n) is 5.03.